The molecule has 17 heavy (non-hydrogen) atoms. The van der Waals surface area contributed by atoms with Crippen LogP contribution in [0.1, 0.15) is 10.4 Å². The number of aromatic nitrogens is 1. The molecule has 0 bridgehead atoms. The highest BCUT2D eigenvalue weighted by Gasteiger charge is 2.32. The number of hydrogen-bond donors (Lipinski definition) is 4. The first-order valence-electron chi connectivity index (χ1n) is 5.20. The zero-order valence-electron chi connectivity index (χ0n) is 9.08. The fraction of sp³-hybridized carbons (Fsp3) is 0.400. The van der Waals surface area contributed by atoms with Gasteiger partial charge in [-0.15, -0.1) is 0 Å². The number of aliphatic hydroxyl groups excluding tert-OH is 2. The molecule has 0 spiro atoms. The van der Waals surface area contributed by atoms with Crippen molar-refractivity contribution in [3.05, 3.63) is 23.9 Å². The van der Waals surface area contributed by atoms with Crippen LogP contribution in [-0.2, 0) is 0 Å². The maximum absolute atomic E-state index is 12.0. The Balaban J connectivity index is 2.14. The van der Waals surface area contributed by atoms with Gasteiger partial charge < -0.3 is 20.5 Å². The summed E-state index contributed by atoms with van der Waals surface area (Å²) in [6.07, 6.45) is -0.300. The van der Waals surface area contributed by atoms with Crippen LogP contribution in [-0.4, -0.2) is 51.3 Å². The molecule has 1 aliphatic rings. The highest BCUT2D eigenvalue weighted by Crippen LogP contribution is 2.15. The van der Waals surface area contributed by atoms with Crippen LogP contribution in [0, 0.1) is 0 Å². The van der Waals surface area contributed by atoms with Crippen molar-refractivity contribution >= 4 is 11.7 Å². The van der Waals surface area contributed by atoms with E-state index in [4.69, 9.17) is 5.84 Å². The summed E-state index contributed by atoms with van der Waals surface area (Å²) in [7, 11) is 0. The Morgan fingerprint density at radius 3 is 2.71 bits per heavy atom. The van der Waals surface area contributed by atoms with E-state index in [1.807, 2.05) is 0 Å². The lowest BCUT2D eigenvalue weighted by Gasteiger charge is -2.15. The van der Waals surface area contributed by atoms with Gasteiger partial charge in [-0.1, -0.05) is 0 Å². The number of nitrogens with zero attached hydrogens (tertiary/aromatic N) is 2. The quantitative estimate of drug-likeness (QED) is 0.370. The third-order valence-corrected chi connectivity index (χ3v) is 2.70. The summed E-state index contributed by atoms with van der Waals surface area (Å²) in [6.45, 7) is 0.265. The number of β-amino-alcohol motifs (C(OH)–C–C–N with tert-alkyl or cyclic N) is 2. The van der Waals surface area contributed by atoms with Crippen LogP contribution in [0.2, 0.25) is 0 Å². The van der Waals surface area contributed by atoms with Gasteiger partial charge >= 0.3 is 0 Å². The lowest BCUT2D eigenvalue weighted by molar-refractivity contribution is 0.0572. The standard InChI is InChI=1S/C10H14N4O3/c11-13-9-3-6(1-2-12-9)10(17)14-4-7(15)8(16)5-14/h1-3,7-8,15-16H,4-5,11H2,(H,12,13). The Morgan fingerprint density at radius 1 is 1.47 bits per heavy atom. The predicted molar refractivity (Wildman–Crippen MR) is 60.0 cm³/mol. The molecule has 0 saturated carbocycles. The SMILES string of the molecule is NNc1cc(C(=O)N2CC(O)C(O)C2)ccn1. The minimum absolute atomic E-state index is 0.133. The van der Waals surface area contributed by atoms with E-state index in [-0.39, 0.29) is 19.0 Å². The van der Waals surface area contributed by atoms with E-state index in [0.717, 1.165) is 0 Å². The van der Waals surface area contributed by atoms with Gasteiger partial charge in [-0.25, -0.2) is 10.8 Å². The number of likely N-dealkylation sites (tertiary alicyclic amines) is 1. The number of pyridine rings is 1. The molecular weight excluding hydrogens is 224 g/mol. The van der Waals surface area contributed by atoms with Crippen molar-refractivity contribution < 1.29 is 15.0 Å². The summed E-state index contributed by atoms with van der Waals surface area (Å²) in [5.41, 5.74) is 2.76. The number of rotatable bonds is 2. The summed E-state index contributed by atoms with van der Waals surface area (Å²) < 4.78 is 0. The van der Waals surface area contributed by atoms with E-state index in [1.165, 1.54) is 17.2 Å². The van der Waals surface area contributed by atoms with Crippen LogP contribution in [0.4, 0.5) is 5.82 Å². The van der Waals surface area contributed by atoms with Gasteiger partial charge in [0.15, 0.2) is 0 Å². The molecule has 1 aromatic rings. The monoisotopic (exact) mass is 238 g/mol. The average Bonchev–Trinajstić information content (AvgIpc) is 2.69. The first-order chi connectivity index (χ1) is 8.11. The maximum atomic E-state index is 12.0. The molecule has 2 heterocycles. The number of hydrazine groups is 1. The van der Waals surface area contributed by atoms with Crippen LogP contribution in [0.15, 0.2) is 18.3 Å². The Labute approximate surface area is 97.8 Å². The van der Waals surface area contributed by atoms with Crippen LogP contribution in [0.5, 0.6) is 0 Å². The number of carbonyl (C=O) groups is 1. The van der Waals surface area contributed by atoms with Crippen LogP contribution < -0.4 is 11.3 Å². The Bertz CT molecular complexity index is 416. The Morgan fingerprint density at radius 2 is 2.12 bits per heavy atom. The molecule has 5 N–H and O–H groups in total. The van der Waals surface area contributed by atoms with Crippen molar-refractivity contribution in [2.75, 3.05) is 18.5 Å². The number of amides is 1. The first kappa shape index (κ1) is 11.8. The molecule has 7 nitrogen and oxygen atoms in total. The van der Waals surface area contributed by atoms with Gasteiger partial charge in [0.1, 0.15) is 5.82 Å². The first-order valence-corrected chi connectivity index (χ1v) is 5.20. The van der Waals surface area contributed by atoms with Crippen molar-refractivity contribution in [3.63, 3.8) is 0 Å². The minimum atomic E-state index is -0.882. The molecule has 1 amide bonds. The third-order valence-electron chi connectivity index (χ3n) is 2.70. The number of nitrogen functional groups attached to an aromatic ring is 1. The minimum Gasteiger partial charge on any atom is -0.388 e. The fourth-order valence-corrected chi connectivity index (χ4v) is 1.76. The normalized spacial score (nSPS) is 23.8. The van der Waals surface area contributed by atoms with Crippen LogP contribution in [0.3, 0.4) is 0 Å². The van der Waals surface area contributed by atoms with Gasteiger partial charge in [-0.3, -0.25) is 4.79 Å². The molecule has 1 aromatic heterocycles. The number of nitrogens with one attached hydrogen (secondary N) is 1. The van der Waals surface area contributed by atoms with Crippen LogP contribution in [0.25, 0.3) is 0 Å². The summed E-state index contributed by atoms with van der Waals surface area (Å²) in [5.74, 6) is 5.32. The smallest absolute Gasteiger partial charge is 0.254 e. The van der Waals surface area contributed by atoms with E-state index in [2.05, 4.69) is 10.4 Å². The number of hydrogen-bond acceptors (Lipinski definition) is 6. The van der Waals surface area contributed by atoms with E-state index in [9.17, 15) is 15.0 Å². The second kappa shape index (κ2) is 4.66. The number of anilines is 1. The fourth-order valence-electron chi connectivity index (χ4n) is 1.76. The molecular formula is C10H14N4O3. The maximum Gasteiger partial charge on any atom is 0.254 e. The summed E-state index contributed by atoms with van der Waals surface area (Å²) >= 11 is 0. The Kier molecular flexibility index (Phi) is 3.23. The van der Waals surface area contributed by atoms with Gasteiger partial charge in [-0.2, -0.15) is 0 Å². The van der Waals surface area contributed by atoms with E-state index < -0.39 is 12.2 Å². The molecule has 1 aliphatic heterocycles. The zero-order valence-corrected chi connectivity index (χ0v) is 9.08. The zero-order chi connectivity index (χ0) is 12.4. The highest BCUT2D eigenvalue weighted by atomic mass is 16.3. The van der Waals surface area contributed by atoms with Crippen molar-refractivity contribution in [1.82, 2.24) is 9.88 Å². The predicted octanol–water partition coefficient (Wildman–Crippen LogP) is -1.46. The van der Waals surface area contributed by atoms with Gasteiger partial charge in [0.25, 0.3) is 5.91 Å². The molecule has 0 radical (unpaired) electrons. The topological polar surface area (TPSA) is 112 Å². The van der Waals surface area contributed by atoms with Crippen molar-refractivity contribution in [2.45, 2.75) is 12.2 Å². The molecule has 0 aromatic carbocycles. The van der Waals surface area contributed by atoms with Crippen LogP contribution >= 0.6 is 0 Å². The second-order valence-electron chi connectivity index (χ2n) is 3.92. The molecule has 2 rings (SSSR count). The van der Waals surface area contributed by atoms with Gasteiger partial charge in [0.05, 0.1) is 12.2 Å². The number of nitrogens with two attached hydrogens (primary N) is 1. The van der Waals surface area contributed by atoms with Gasteiger partial charge in [-0.05, 0) is 12.1 Å². The molecule has 92 valence electrons. The van der Waals surface area contributed by atoms with E-state index in [0.29, 0.717) is 11.4 Å². The third kappa shape index (κ3) is 2.36. The molecule has 7 heteroatoms. The summed E-state index contributed by atoms with van der Waals surface area (Å²) in [6, 6.07) is 3.07. The molecule has 2 atom stereocenters. The van der Waals surface area contributed by atoms with Crippen molar-refractivity contribution in [2.24, 2.45) is 5.84 Å². The molecule has 0 aliphatic carbocycles. The van der Waals surface area contributed by atoms with Gasteiger partial charge in [0.2, 0.25) is 0 Å². The highest BCUT2D eigenvalue weighted by molar-refractivity contribution is 5.95. The average molecular weight is 238 g/mol. The second-order valence-corrected chi connectivity index (χ2v) is 3.92. The molecule has 1 saturated heterocycles. The largest absolute Gasteiger partial charge is 0.388 e. The van der Waals surface area contributed by atoms with Crippen molar-refractivity contribution in [1.29, 1.82) is 0 Å². The van der Waals surface area contributed by atoms with E-state index >= 15 is 0 Å². The summed E-state index contributed by atoms with van der Waals surface area (Å²) in [4.78, 5) is 17.3. The molecule has 1 fully saturated rings. The lowest BCUT2D eigenvalue weighted by atomic mass is 10.2. The number of carbonyl (C=O) groups excluding carboxylic acids is 1. The number of aliphatic hydroxyl groups is 2. The van der Waals surface area contributed by atoms with Crippen molar-refractivity contribution in [3.8, 4) is 0 Å². The molecule has 2 unspecified atom stereocenters. The van der Waals surface area contributed by atoms with Gasteiger partial charge in [0, 0.05) is 24.8 Å². The summed E-state index contributed by atoms with van der Waals surface area (Å²) in [5, 5.41) is 18.8. The van der Waals surface area contributed by atoms with E-state index in [1.54, 1.807) is 6.07 Å². The Hall–Kier alpha value is -1.70. The lowest BCUT2D eigenvalue weighted by Crippen LogP contribution is -2.30.